The van der Waals surface area contributed by atoms with Gasteiger partial charge in [-0.3, -0.25) is 0 Å². The van der Waals surface area contributed by atoms with Crippen molar-refractivity contribution in [3.8, 4) is 0 Å². The summed E-state index contributed by atoms with van der Waals surface area (Å²) < 4.78 is 0. The lowest BCUT2D eigenvalue weighted by molar-refractivity contribution is -0.137. The molecule has 104 valence electrons. The SMILES string of the molecule is CCC(C)(C)C(C(=O)O)=C(C(=O)O)C(C)(C)CC. The minimum Gasteiger partial charge on any atom is -0.478 e. The maximum atomic E-state index is 11.5. The average Bonchev–Trinajstić information content (AvgIpc) is 2.23. The van der Waals surface area contributed by atoms with Gasteiger partial charge in [0.15, 0.2) is 0 Å². The Bertz CT molecular complexity index is 339. The second kappa shape index (κ2) is 5.55. The minimum atomic E-state index is -1.14. The topological polar surface area (TPSA) is 74.6 Å². The first-order valence-corrected chi connectivity index (χ1v) is 6.23. The van der Waals surface area contributed by atoms with Crippen molar-refractivity contribution in [3.05, 3.63) is 11.1 Å². The van der Waals surface area contributed by atoms with E-state index in [4.69, 9.17) is 0 Å². The number of rotatable bonds is 6. The van der Waals surface area contributed by atoms with E-state index in [1.165, 1.54) is 0 Å². The zero-order valence-corrected chi connectivity index (χ0v) is 12.1. The summed E-state index contributed by atoms with van der Waals surface area (Å²) in [7, 11) is 0. The summed E-state index contributed by atoms with van der Waals surface area (Å²) in [6.45, 7) is 10.8. The summed E-state index contributed by atoms with van der Waals surface area (Å²) in [6, 6.07) is 0. The number of aliphatic carboxylic acids is 2. The Balaban J connectivity index is 6.26. The Hall–Kier alpha value is -1.32. The number of carbonyl (C=O) groups is 2. The van der Waals surface area contributed by atoms with Crippen molar-refractivity contribution in [1.29, 1.82) is 0 Å². The van der Waals surface area contributed by atoms with Gasteiger partial charge in [-0.15, -0.1) is 0 Å². The molecule has 0 aliphatic heterocycles. The molecule has 0 aliphatic carbocycles. The standard InChI is InChI=1S/C14H24O4/c1-7-13(3,4)9(11(15)16)10(12(17)18)14(5,6)8-2/h7-8H2,1-6H3,(H,15,16)(H,17,18). The molecular formula is C14H24O4. The second-order valence-electron chi connectivity index (χ2n) is 5.84. The Morgan fingerprint density at radius 2 is 1.00 bits per heavy atom. The Labute approximate surface area is 109 Å². The zero-order valence-electron chi connectivity index (χ0n) is 12.1. The molecule has 0 unspecified atom stereocenters. The van der Waals surface area contributed by atoms with E-state index < -0.39 is 22.8 Å². The monoisotopic (exact) mass is 256 g/mol. The zero-order chi connectivity index (χ0) is 14.7. The summed E-state index contributed by atoms with van der Waals surface area (Å²) in [4.78, 5) is 23.0. The molecular weight excluding hydrogens is 232 g/mol. The normalized spacial score (nSPS) is 14.1. The molecule has 0 aromatic heterocycles. The van der Waals surface area contributed by atoms with E-state index >= 15 is 0 Å². The van der Waals surface area contributed by atoms with Gasteiger partial charge >= 0.3 is 11.9 Å². The van der Waals surface area contributed by atoms with Gasteiger partial charge in [-0.25, -0.2) is 9.59 Å². The van der Waals surface area contributed by atoms with Crippen LogP contribution in [0.2, 0.25) is 0 Å². The van der Waals surface area contributed by atoms with E-state index in [-0.39, 0.29) is 11.1 Å². The largest absolute Gasteiger partial charge is 0.478 e. The molecule has 0 atom stereocenters. The molecule has 0 saturated heterocycles. The van der Waals surface area contributed by atoms with Crippen molar-refractivity contribution in [2.75, 3.05) is 0 Å². The Kier molecular flexibility index (Phi) is 5.14. The fourth-order valence-electron chi connectivity index (χ4n) is 1.82. The van der Waals surface area contributed by atoms with Gasteiger partial charge < -0.3 is 10.2 Å². The highest BCUT2D eigenvalue weighted by Crippen LogP contribution is 2.40. The predicted octanol–water partition coefficient (Wildman–Crippen LogP) is 3.32. The smallest absolute Gasteiger partial charge is 0.332 e. The molecule has 0 saturated carbocycles. The van der Waals surface area contributed by atoms with E-state index in [1.54, 1.807) is 27.7 Å². The van der Waals surface area contributed by atoms with E-state index in [0.717, 1.165) is 0 Å². The molecule has 4 heteroatoms. The first-order valence-electron chi connectivity index (χ1n) is 6.23. The van der Waals surface area contributed by atoms with Crippen LogP contribution < -0.4 is 0 Å². The molecule has 0 rings (SSSR count). The molecule has 0 aliphatic rings. The van der Waals surface area contributed by atoms with Crippen LogP contribution >= 0.6 is 0 Å². The highest BCUT2D eigenvalue weighted by molar-refractivity contribution is 6.00. The average molecular weight is 256 g/mol. The van der Waals surface area contributed by atoms with Crippen molar-refractivity contribution >= 4 is 11.9 Å². The summed E-state index contributed by atoms with van der Waals surface area (Å²) in [5.74, 6) is -2.28. The molecule has 0 aromatic rings. The summed E-state index contributed by atoms with van der Waals surface area (Å²) in [5, 5.41) is 18.8. The van der Waals surface area contributed by atoms with Crippen LogP contribution in [0.1, 0.15) is 54.4 Å². The first-order chi connectivity index (χ1) is 8.01. The lowest BCUT2D eigenvalue weighted by Crippen LogP contribution is -2.31. The van der Waals surface area contributed by atoms with Crippen LogP contribution in [0.25, 0.3) is 0 Å². The van der Waals surface area contributed by atoms with Crippen LogP contribution in [0.4, 0.5) is 0 Å². The first kappa shape index (κ1) is 16.7. The Morgan fingerprint density at radius 1 is 0.778 bits per heavy atom. The van der Waals surface area contributed by atoms with E-state index in [9.17, 15) is 19.8 Å². The van der Waals surface area contributed by atoms with Gasteiger partial charge in [-0.1, -0.05) is 41.5 Å². The van der Waals surface area contributed by atoms with Crippen LogP contribution in [0.3, 0.4) is 0 Å². The molecule has 0 amide bonds. The van der Waals surface area contributed by atoms with Crippen molar-refractivity contribution in [2.45, 2.75) is 54.4 Å². The Morgan fingerprint density at radius 3 is 1.11 bits per heavy atom. The molecule has 0 radical (unpaired) electrons. The second-order valence-corrected chi connectivity index (χ2v) is 5.84. The van der Waals surface area contributed by atoms with Crippen LogP contribution in [0, 0.1) is 10.8 Å². The fraction of sp³-hybridized carbons (Fsp3) is 0.714. The maximum absolute atomic E-state index is 11.5. The number of hydrogen-bond acceptors (Lipinski definition) is 2. The molecule has 2 N–H and O–H groups in total. The lowest BCUT2D eigenvalue weighted by atomic mass is 9.71. The van der Waals surface area contributed by atoms with Crippen molar-refractivity contribution in [1.82, 2.24) is 0 Å². The van der Waals surface area contributed by atoms with Crippen molar-refractivity contribution in [2.24, 2.45) is 10.8 Å². The van der Waals surface area contributed by atoms with E-state index in [1.807, 2.05) is 13.8 Å². The molecule has 0 aromatic carbocycles. The van der Waals surface area contributed by atoms with Crippen molar-refractivity contribution < 1.29 is 19.8 Å². The molecule has 4 nitrogen and oxygen atoms in total. The van der Waals surface area contributed by atoms with E-state index in [2.05, 4.69) is 0 Å². The molecule has 18 heavy (non-hydrogen) atoms. The minimum absolute atomic E-state index is 0.0179. The van der Waals surface area contributed by atoms with Gasteiger partial charge in [0.2, 0.25) is 0 Å². The van der Waals surface area contributed by atoms with Gasteiger partial charge in [0.05, 0.1) is 11.1 Å². The predicted molar refractivity (Wildman–Crippen MR) is 70.4 cm³/mol. The molecule has 0 spiro atoms. The van der Waals surface area contributed by atoms with Crippen molar-refractivity contribution in [3.63, 3.8) is 0 Å². The van der Waals surface area contributed by atoms with Gasteiger partial charge in [-0.2, -0.15) is 0 Å². The maximum Gasteiger partial charge on any atom is 0.332 e. The van der Waals surface area contributed by atoms with E-state index in [0.29, 0.717) is 12.8 Å². The van der Waals surface area contributed by atoms with Gasteiger partial charge in [-0.05, 0) is 23.7 Å². The number of hydrogen-bond donors (Lipinski definition) is 2. The molecule has 0 fully saturated rings. The molecule has 0 heterocycles. The fourth-order valence-corrected chi connectivity index (χ4v) is 1.82. The van der Waals surface area contributed by atoms with Crippen LogP contribution in [0.5, 0.6) is 0 Å². The quantitative estimate of drug-likeness (QED) is 0.715. The van der Waals surface area contributed by atoms with Gasteiger partial charge in [0, 0.05) is 0 Å². The van der Waals surface area contributed by atoms with Crippen LogP contribution in [-0.4, -0.2) is 22.2 Å². The lowest BCUT2D eigenvalue weighted by Gasteiger charge is -2.32. The van der Waals surface area contributed by atoms with Crippen LogP contribution in [0.15, 0.2) is 11.1 Å². The summed E-state index contributed by atoms with van der Waals surface area (Å²) in [5.41, 5.74) is -1.29. The van der Waals surface area contributed by atoms with Crippen LogP contribution in [-0.2, 0) is 9.59 Å². The summed E-state index contributed by atoms with van der Waals surface area (Å²) >= 11 is 0. The molecule has 0 bridgehead atoms. The highest BCUT2D eigenvalue weighted by Gasteiger charge is 2.38. The third-order valence-electron chi connectivity index (χ3n) is 3.80. The number of carboxylic acids is 2. The highest BCUT2D eigenvalue weighted by atomic mass is 16.4. The van der Waals surface area contributed by atoms with Gasteiger partial charge in [0.25, 0.3) is 0 Å². The van der Waals surface area contributed by atoms with Gasteiger partial charge in [0.1, 0.15) is 0 Å². The number of carboxylic acid groups (broad SMARTS) is 2. The summed E-state index contributed by atoms with van der Waals surface area (Å²) in [6.07, 6.45) is 1.15. The third-order valence-corrected chi connectivity index (χ3v) is 3.80. The third kappa shape index (κ3) is 3.34.